The molecule has 26 heavy (non-hydrogen) atoms. The molecule has 0 aliphatic heterocycles. The van der Waals surface area contributed by atoms with Crippen LogP contribution in [0.4, 0.5) is 4.39 Å². The van der Waals surface area contributed by atoms with Crippen molar-refractivity contribution in [3.8, 4) is 17.0 Å². The lowest BCUT2D eigenvalue weighted by atomic mass is 10.1. The fourth-order valence-electron chi connectivity index (χ4n) is 2.69. The van der Waals surface area contributed by atoms with E-state index in [2.05, 4.69) is 5.16 Å². The normalized spacial score (nSPS) is 11.0. The minimum Gasteiger partial charge on any atom is -0.485 e. The van der Waals surface area contributed by atoms with Crippen LogP contribution >= 0.6 is 0 Å². The number of fused-ring (bicyclic) bond motifs is 1. The van der Waals surface area contributed by atoms with Crippen molar-refractivity contribution >= 4 is 11.0 Å². The van der Waals surface area contributed by atoms with Gasteiger partial charge >= 0.3 is 5.63 Å². The van der Waals surface area contributed by atoms with Crippen molar-refractivity contribution in [3.63, 3.8) is 0 Å². The van der Waals surface area contributed by atoms with Gasteiger partial charge in [0.25, 0.3) is 0 Å². The molecule has 2 aromatic carbocycles. The van der Waals surface area contributed by atoms with E-state index in [1.54, 1.807) is 30.3 Å². The van der Waals surface area contributed by atoms with E-state index in [1.807, 2.05) is 13.0 Å². The molecule has 0 spiro atoms. The van der Waals surface area contributed by atoms with Gasteiger partial charge in [0.2, 0.25) is 0 Å². The van der Waals surface area contributed by atoms with Crippen LogP contribution < -0.4 is 10.4 Å². The number of hydrogen-bond acceptors (Lipinski definition) is 5. The first-order valence-electron chi connectivity index (χ1n) is 7.97. The predicted molar refractivity (Wildman–Crippen MR) is 93.5 cm³/mol. The fourth-order valence-corrected chi connectivity index (χ4v) is 2.69. The van der Waals surface area contributed by atoms with Gasteiger partial charge in [-0.3, -0.25) is 0 Å². The molecular weight excluding hydrogens is 337 g/mol. The number of benzene rings is 2. The molecule has 0 unspecified atom stereocenters. The van der Waals surface area contributed by atoms with E-state index in [1.165, 1.54) is 18.2 Å². The highest BCUT2D eigenvalue weighted by Gasteiger charge is 2.09. The fraction of sp³-hybridized carbons (Fsp3) is 0.100. The number of aryl methyl sites for hydroxylation is 1. The van der Waals surface area contributed by atoms with E-state index in [0.29, 0.717) is 22.8 Å². The molecule has 0 atom stereocenters. The Bertz CT molecular complexity index is 1130. The monoisotopic (exact) mass is 351 g/mol. The maximum Gasteiger partial charge on any atom is 0.336 e. The minimum atomic E-state index is -0.397. The standard InChI is InChI=1S/C20H14FNO4/c1-12-8-20(23)25-19-10-15(6-7-17(12)19)24-11-16-9-18(22-26-16)13-2-4-14(21)5-3-13/h2-10H,11H2,1H3. The largest absolute Gasteiger partial charge is 0.485 e. The van der Waals surface area contributed by atoms with Gasteiger partial charge in [-0.2, -0.15) is 0 Å². The first kappa shape index (κ1) is 16.1. The molecule has 0 fully saturated rings. The van der Waals surface area contributed by atoms with Crippen molar-refractivity contribution in [2.24, 2.45) is 0 Å². The number of aromatic nitrogens is 1. The molecule has 0 aliphatic rings. The maximum atomic E-state index is 13.0. The Hall–Kier alpha value is -3.41. The number of nitrogens with zero attached hydrogens (tertiary/aromatic N) is 1. The SMILES string of the molecule is Cc1cc(=O)oc2cc(OCc3cc(-c4ccc(F)cc4)no3)ccc12. The zero-order chi connectivity index (χ0) is 18.1. The average Bonchev–Trinajstić information content (AvgIpc) is 3.09. The Morgan fingerprint density at radius 1 is 1.08 bits per heavy atom. The molecule has 0 saturated heterocycles. The second-order valence-corrected chi connectivity index (χ2v) is 5.88. The molecule has 2 aromatic heterocycles. The molecule has 0 bridgehead atoms. The van der Waals surface area contributed by atoms with Crippen LogP contribution in [-0.4, -0.2) is 5.16 Å². The quantitative estimate of drug-likeness (QED) is 0.507. The zero-order valence-corrected chi connectivity index (χ0v) is 13.9. The van der Waals surface area contributed by atoms with E-state index in [-0.39, 0.29) is 12.4 Å². The van der Waals surface area contributed by atoms with Crippen molar-refractivity contribution < 1.29 is 18.1 Å². The molecule has 4 aromatic rings. The third kappa shape index (κ3) is 3.21. The third-order valence-corrected chi connectivity index (χ3v) is 4.00. The van der Waals surface area contributed by atoms with Crippen molar-refractivity contribution in [1.82, 2.24) is 5.16 Å². The van der Waals surface area contributed by atoms with Crippen molar-refractivity contribution in [2.45, 2.75) is 13.5 Å². The van der Waals surface area contributed by atoms with Crippen molar-refractivity contribution in [2.75, 3.05) is 0 Å². The average molecular weight is 351 g/mol. The second-order valence-electron chi connectivity index (χ2n) is 5.88. The van der Waals surface area contributed by atoms with E-state index in [9.17, 15) is 9.18 Å². The molecular formula is C20H14FNO4. The van der Waals surface area contributed by atoms with Gasteiger partial charge in [-0.05, 0) is 48.9 Å². The highest BCUT2D eigenvalue weighted by Crippen LogP contribution is 2.24. The van der Waals surface area contributed by atoms with Crippen LogP contribution in [0.25, 0.3) is 22.2 Å². The molecule has 5 nitrogen and oxygen atoms in total. The van der Waals surface area contributed by atoms with Gasteiger partial charge in [0.15, 0.2) is 5.76 Å². The molecule has 0 amide bonds. The highest BCUT2D eigenvalue weighted by atomic mass is 19.1. The molecule has 0 aliphatic carbocycles. The summed E-state index contributed by atoms with van der Waals surface area (Å²) < 4.78 is 29.1. The molecule has 0 saturated carbocycles. The van der Waals surface area contributed by atoms with Gasteiger partial charge in [-0.1, -0.05) is 5.16 Å². The van der Waals surface area contributed by atoms with Gasteiger partial charge in [0, 0.05) is 29.1 Å². The number of hydrogen-bond donors (Lipinski definition) is 0. The van der Waals surface area contributed by atoms with Crippen LogP contribution in [0.1, 0.15) is 11.3 Å². The summed E-state index contributed by atoms with van der Waals surface area (Å²) in [5, 5.41) is 4.82. The number of rotatable bonds is 4. The third-order valence-electron chi connectivity index (χ3n) is 4.00. The minimum absolute atomic E-state index is 0.162. The lowest BCUT2D eigenvalue weighted by Crippen LogP contribution is -1.98. The summed E-state index contributed by atoms with van der Waals surface area (Å²) in [7, 11) is 0. The van der Waals surface area contributed by atoms with E-state index in [4.69, 9.17) is 13.7 Å². The molecule has 6 heteroatoms. The zero-order valence-electron chi connectivity index (χ0n) is 13.9. The lowest BCUT2D eigenvalue weighted by Gasteiger charge is -2.05. The van der Waals surface area contributed by atoms with Gasteiger partial charge in [-0.15, -0.1) is 0 Å². The summed E-state index contributed by atoms with van der Waals surface area (Å²) >= 11 is 0. The molecule has 0 radical (unpaired) electrons. The van der Waals surface area contributed by atoms with E-state index in [0.717, 1.165) is 16.5 Å². The summed E-state index contributed by atoms with van der Waals surface area (Å²) in [6.07, 6.45) is 0. The Kier molecular flexibility index (Phi) is 4.01. The van der Waals surface area contributed by atoms with E-state index >= 15 is 0 Å². The smallest absolute Gasteiger partial charge is 0.336 e. The topological polar surface area (TPSA) is 65.5 Å². The summed E-state index contributed by atoms with van der Waals surface area (Å²) in [6.45, 7) is 2.01. The first-order chi connectivity index (χ1) is 12.6. The molecule has 0 N–H and O–H groups in total. The molecule has 130 valence electrons. The molecule has 2 heterocycles. The summed E-state index contributed by atoms with van der Waals surface area (Å²) in [5.74, 6) is 0.764. The van der Waals surface area contributed by atoms with Crippen LogP contribution in [0, 0.1) is 12.7 Å². The van der Waals surface area contributed by atoms with E-state index < -0.39 is 5.63 Å². The second kappa shape index (κ2) is 6.48. The van der Waals surface area contributed by atoms with Crippen LogP contribution in [0.2, 0.25) is 0 Å². The highest BCUT2D eigenvalue weighted by molar-refractivity contribution is 5.81. The first-order valence-corrected chi connectivity index (χ1v) is 7.97. The van der Waals surface area contributed by atoms with Crippen LogP contribution in [-0.2, 0) is 6.61 Å². The molecule has 4 rings (SSSR count). The predicted octanol–water partition coefficient (Wildman–Crippen LogP) is 4.47. The number of ether oxygens (including phenoxy) is 1. The van der Waals surface area contributed by atoms with Gasteiger partial charge in [0.1, 0.15) is 29.5 Å². The summed E-state index contributed by atoms with van der Waals surface area (Å²) in [6, 6.07) is 14.5. The Morgan fingerprint density at radius 3 is 2.69 bits per heavy atom. The van der Waals surface area contributed by atoms with Crippen LogP contribution in [0.5, 0.6) is 5.75 Å². The Labute approximate surface area is 147 Å². The Balaban J connectivity index is 1.51. The van der Waals surface area contributed by atoms with Gasteiger partial charge in [-0.25, -0.2) is 9.18 Å². The van der Waals surface area contributed by atoms with Crippen molar-refractivity contribution in [3.05, 3.63) is 82.2 Å². The van der Waals surface area contributed by atoms with Crippen LogP contribution in [0.15, 0.2) is 68.3 Å². The summed E-state index contributed by atoms with van der Waals surface area (Å²) in [4.78, 5) is 11.5. The lowest BCUT2D eigenvalue weighted by molar-refractivity contribution is 0.249. The summed E-state index contributed by atoms with van der Waals surface area (Å²) in [5.41, 5.74) is 2.28. The maximum absolute atomic E-state index is 13.0. The van der Waals surface area contributed by atoms with Crippen LogP contribution in [0.3, 0.4) is 0 Å². The Morgan fingerprint density at radius 2 is 1.88 bits per heavy atom. The van der Waals surface area contributed by atoms with Crippen molar-refractivity contribution in [1.29, 1.82) is 0 Å². The van der Waals surface area contributed by atoms with Gasteiger partial charge < -0.3 is 13.7 Å². The van der Waals surface area contributed by atoms with Gasteiger partial charge in [0.05, 0.1) is 0 Å². The number of halogens is 1.